The zero-order chi connectivity index (χ0) is 10.0. The minimum Gasteiger partial charge on any atom is -0.390 e. The van der Waals surface area contributed by atoms with E-state index in [1.54, 1.807) is 14.1 Å². The topological polar surface area (TPSA) is 81.2 Å². The van der Waals surface area contributed by atoms with E-state index in [1.807, 2.05) is 0 Å². The average Bonchev–Trinajstić information content (AvgIpc) is 2.41. The summed E-state index contributed by atoms with van der Waals surface area (Å²) in [6.45, 7) is 1.46. The van der Waals surface area contributed by atoms with Crippen molar-refractivity contribution >= 4 is 18.8 Å². The molecule has 6 nitrogen and oxygen atoms in total. The molecule has 7 heteroatoms. The van der Waals surface area contributed by atoms with Gasteiger partial charge >= 0.3 is 5.95 Å². The summed E-state index contributed by atoms with van der Waals surface area (Å²) in [5.74, 6) is -0.253. The van der Waals surface area contributed by atoms with Crippen molar-refractivity contribution in [2.24, 2.45) is 7.05 Å². The third-order valence-electron chi connectivity index (χ3n) is 1.81. The molecule has 0 saturated carbocycles. The monoisotopic (exact) mass is 182 g/mol. The van der Waals surface area contributed by atoms with E-state index in [0.29, 0.717) is 11.3 Å². The van der Waals surface area contributed by atoms with E-state index in [0.717, 1.165) is 0 Å². The number of aliphatic hydroxyl groups is 1. The number of imidazole rings is 1. The maximum atomic E-state index is 10.4. The van der Waals surface area contributed by atoms with E-state index in [-0.39, 0.29) is 12.6 Å². The van der Waals surface area contributed by atoms with Crippen molar-refractivity contribution in [3.8, 4) is 0 Å². The molecule has 0 aliphatic rings. The van der Waals surface area contributed by atoms with E-state index >= 15 is 0 Å². The van der Waals surface area contributed by atoms with E-state index in [1.165, 1.54) is 11.6 Å². The Morgan fingerprint density at radius 3 is 2.69 bits per heavy atom. The van der Waals surface area contributed by atoms with Crippen LogP contribution in [0.4, 0.5) is 5.95 Å². The van der Waals surface area contributed by atoms with Crippen LogP contribution in [0.1, 0.15) is 5.69 Å². The predicted octanol–water partition coefficient (Wildman–Crippen LogP) is -0.802. The summed E-state index contributed by atoms with van der Waals surface area (Å²) in [5.41, 5.74) is 0.908. The largest absolute Gasteiger partial charge is 0.433 e. The molecule has 1 radical (unpaired) electrons. The number of nitrogens with zero attached hydrogens (tertiary/aromatic N) is 3. The maximum Gasteiger partial charge on any atom is 0.433 e. The van der Waals surface area contributed by atoms with Crippen molar-refractivity contribution in [1.29, 1.82) is 0 Å². The predicted molar refractivity (Wildman–Crippen MR) is 47.0 cm³/mol. The summed E-state index contributed by atoms with van der Waals surface area (Å²) in [7, 11) is 3.13. The normalized spacial score (nSPS) is 10.1. The van der Waals surface area contributed by atoms with Gasteiger partial charge in [-0.25, -0.2) is 4.57 Å². The molecule has 0 aromatic carbocycles. The van der Waals surface area contributed by atoms with E-state index < -0.39 is 4.92 Å². The molecule has 0 bridgehead atoms. The van der Waals surface area contributed by atoms with Gasteiger partial charge in [0.05, 0.1) is 13.7 Å². The first-order valence-electron chi connectivity index (χ1n) is 3.72. The van der Waals surface area contributed by atoms with Crippen LogP contribution < -0.4 is 5.59 Å². The molecule has 0 spiro atoms. The van der Waals surface area contributed by atoms with Gasteiger partial charge in [0.25, 0.3) is 0 Å². The summed E-state index contributed by atoms with van der Waals surface area (Å²) in [6, 6.07) is 0. The van der Waals surface area contributed by atoms with E-state index in [9.17, 15) is 10.1 Å². The second-order valence-corrected chi connectivity index (χ2v) is 2.51. The smallest absolute Gasteiger partial charge is 0.390 e. The molecular formula is C6H9BN3O3. The molecule has 0 saturated heterocycles. The number of nitro groups is 1. The van der Waals surface area contributed by atoms with Crippen LogP contribution in [0.5, 0.6) is 0 Å². The fraction of sp³-hybridized carbons (Fsp3) is 0.500. The van der Waals surface area contributed by atoms with Crippen LogP contribution in [0.2, 0.25) is 6.82 Å². The third kappa shape index (κ3) is 1.55. The third-order valence-corrected chi connectivity index (χ3v) is 1.81. The summed E-state index contributed by atoms with van der Waals surface area (Å²) >= 11 is 0. The minimum atomic E-state index is -0.577. The highest BCUT2D eigenvalue weighted by molar-refractivity contribution is 6.51. The molecule has 69 valence electrons. The SMILES string of the molecule is C[B]c1nc([N+](=O)[O-])n(C)c1CO. The highest BCUT2D eigenvalue weighted by Crippen LogP contribution is 2.08. The van der Waals surface area contributed by atoms with Gasteiger partial charge in [0.15, 0.2) is 0 Å². The lowest BCUT2D eigenvalue weighted by atomic mass is 9.77. The molecule has 13 heavy (non-hydrogen) atoms. The first-order valence-corrected chi connectivity index (χ1v) is 3.72. The molecule has 1 heterocycles. The highest BCUT2D eigenvalue weighted by Gasteiger charge is 2.22. The van der Waals surface area contributed by atoms with Crippen LogP contribution in [-0.2, 0) is 13.7 Å². The number of aliphatic hydroxyl groups excluding tert-OH is 1. The van der Waals surface area contributed by atoms with Crippen molar-refractivity contribution in [2.45, 2.75) is 13.4 Å². The zero-order valence-corrected chi connectivity index (χ0v) is 7.39. The first kappa shape index (κ1) is 9.72. The zero-order valence-electron chi connectivity index (χ0n) is 7.39. The van der Waals surface area contributed by atoms with Crippen molar-refractivity contribution in [2.75, 3.05) is 0 Å². The van der Waals surface area contributed by atoms with E-state index in [4.69, 9.17) is 5.11 Å². The standard InChI is InChI=1S/C6H9BN3O3/c1-7-5-4(3-11)9(2)6(8-5)10(12)13/h11H,3H2,1-2H3. The lowest BCUT2D eigenvalue weighted by molar-refractivity contribution is -0.396. The number of rotatable bonds is 3. The summed E-state index contributed by atoms with van der Waals surface area (Å²) in [6.07, 6.45) is 0. The lowest BCUT2D eigenvalue weighted by Gasteiger charge is -1.96. The van der Waals surface area contributed by atoms with Crippen LogP contribution in [0.3, 0.4) is 0 Å². The molecule has 1 aromatic heterocycles. The van der Waals surface area contributed by atoms with Crippen molar-refractivity contribution in [1.82, 2.24) is 9.55 Å². The van der Waals surface area contributed by atoms with Gasteiger partial charge in [-0.2, -0.15) is 0 Å². The second-order valence-electron chi connectivity index (χ2n) is 2.51. The molecule has 1 N–H and O–H groups in total. The Labute approximate surface area is 75.6 Å². The second kappa shape index (κ2) is 3.57. The van der Waals surface area contributed by atoms with Gasteiger partial charge in [-0.3, -0.25) is 0 Å². The average molecular weight is 182 g/mol. The van der Waals surface area contributed by atoms with Crippen LogP contribution in [0.15, 0.2) is 0 Å². The Morgan fingerprint density at radius 1 is 1.77 bits per heavy atom. The number of aromatic nitrogens is 2. The maximum absolute atomic E-state index is 10.4. The van der Waals surface area contributed by atoms with Crippen molar-refractivity contribution in [3.05, 3.63) is 15.8 Å². The Kier molecular flexibility index (Phi) is 2.67. The number of hydrogen-bond acceptors (Lipinski definition) is 4. The van der Waals surface area contributed by atoms with Gasteiger partial charge in [-0.15, -0.1) is 0 Å². The summed E-state index contributed by atoms with van der Waals surface area (Å²) in [4.78, 5) is 13.6. The van der Waals surface area contributed by atoms with Crippen LogP contribution in [0.25, 0.3) is 0 Å². The molecule has 1 aromatic rings. The van der Waals surface area contributed by atoms with Crippen LogP contribution >= 0.6 is 0 Å². The van der Waals surface area contributed by atoms with Gasteiger partial charge in [0.1, 0.15) is 11.3 Å². The molecule has 0 aliphatic carbocycles. The molecule has 1 rings (SSSR count). The minimum absolute atomic E-state index is 0.253. The Balaban J connectivity index is 3.26. The molecule has 0 amide bonds. The van der Waals surface area contributed by atoms with E-state index in [2.05, 4.69) is 4.98 Å². The Hall–Kier alpha value is -1.37. The molecular weight excluding hydrogens is 173 g/mol. The molecule has 0 fully saturated rings. The van der Waals surface area contributed by atoms with Gasteiger partial charge < -0.3 is 15.2 Å². The molecule has 0 aliphatic heterocycles. The van der Waals surface area contributed by atoms with Crippen molar-refractivity contribution in [3.63, 3.8) is 0 Å². The van der Waals surface area contributed by atoms with Crippen molar-refractivity contribution < 1.29 is 10.0 Å². The molecule has 0 unspecified atom stereocenters. The highest BCUT2D eigenvalue weighted by atomic mass is 16.6. The van der Waals surface area contributed by atoms with Gasteiger partial charge in [0.2, 0.25) is 7.28 Å². The molecule has 0 atom stereocenters. The Morgan fingerprint density at radius 2 is 2.38 bits per heavy atom. The summed E-state index contributed by atoms with van der Waals surface area (Å²) in [5, 5.41) is 19.4. The van der Waals surface area contributed by atoms with Crippen LogP contribution in [-0.4, -0.2) is 26.9 Å². The fourth-order valence-corrected chi connectivity index (χ4v) is 1.12. The quantitative estimate of drug-likeness (QED) is 0.376. The fourth-order valence-electron chi connectivity index (χ4n) is 1.12. The van der Waals surface area contributed by atoms with Gasteiger partial charge in [-0.1, -0.05) is 11.8 Å². The van der Waals surface area contributed by atoms with Crippen LogP contribution in [0, 0.1) is 10.1 Å². The summed E-state index contributed by atoms with van der Waals surface area (Å²) < 4.78 is 1.27. The number of hydrogen-bond donors (Lipinski definition) is 1. The van der Waals surface area contributed by atoms with Gasteiger partial charge in [0, 0.05) is 0 Å². The van der Waals surface area contributed by atoms with Gasteiger partial charge in [-0.05, 0) is 4.92 Å². The lowest BCUT2D eigenvalue weighted by Crippen LogP contribution is -2.18. The first-order chi connectivity index (χ1) is 6.11. The Bertz CT molecular complexity index is 336.